The molecule has 1 heterocycles. The van der Waals surface area contributed by atoms with Crippen LogP contribution in [0.4, 0.5) is 5.69 Å². The number of nitro benzene ring substituents is 1. The van der Waals surface area contributed by atoms with Crippen molar-refractivity contribution in [1.82, 2.24) is 5.32 Å². The van der Waals surface area contributed by atoms with Gasteiger partial charge in [0.15, 0.2) is 5.17 Å². The Kier molecular flexibility index (Phi) is 5.82. The van der Waals surface area contributed by atoms with Gasteiger partial charge in [0, 0.05) is 12.1 Å². The van der Waals surface area contributed by atoms with Gasteiger partial charge in [0.25, 0.3) is 5.69 Å². The zero-order valence-corrected chi connectivity index (χ0v) is 15.2. The van der Waals surface area contributed by atoms with Gasteiger partial charge < -0.3 is 10.1 Å². The highest BCUT2D eigenvalue weighted by atomic mass is 32.2. The SMILES string of the molecule is COc1ccc(C[C@@H]2S/C(=N/N=Cc3ccc([N+](=O)[O-])cc3)NC2=O)cc1. The lowest BCUT2D eigenvalue weighted by atomic mass is 10.1. The van der Waals surface area contributed by atoms with Gasteiger partial charge in [-0.25, -0.2) is 0 Å². The number of amides is 1. The minimum Gasteiger partial charge on any atom is -0.497 e. The van der Waals surface area contributed by atoms with Gasteiger partial charge in [0.2, 0.25) is 5.91 Å². The Morgan fingerprint density at radius 3 is 2.56 bits per heavy atom. The van der Waals surface area contributed by atoms with Crippen LogP contribution in [0.5, 0.6) is 5.75 Å². The maximum atomic E-state index is 12.1. The molecule has 1 aliphatic heterocycles. The molecule has 8 nitrogen and oxygen atoms in total. The first-order chi connectivity index (χ1) is 13.0. The van der Waals surface area contributed by atoms with Crippen LogP contribution in [-0.4, -0.2) is 34.6 Å². The summed E-state index contributed by atoms with van der Waals surface area (Å²) in [6.45, 7) is 0. The summed E-state index contributed by atoms with van der Waals surface area (Å²) in [7, 11) is 1.61. The highest BCUT2D eigenvalue weighted by Gasteiger charge is 2.30. The van der Waals surface area contributed by atoms with E-state index in [1.807, 2.05) is 24.3 Å². The number of rotatable bonds is 6. The summed E-state index contributed by atoms with van der Waals surface area (Å²) in [5.41, 5.74) is 1.71. The first-order valence-corrected chi connectivity index (χ1v) is 8.89. The van der Waals surface area contributed by atoms with E-state index in [4.69, 9.17) is 4.74 Å². The highest BCUT2D eigenvalue weighted by Crippen LogP contribution is 2.24. The number of amidine groups is 1. The predicted octanol–water partition coefficient (Wildman–Crippen LogP) is 2.77. The van der Waals surface area contributed by atoms with Crippen LogP contribution >= 0.6 is 11.8 Å². The van der Waals surface area contributed by atoms with E-state index in [1.54, 1.807) is 19.2 Å². The molecule has 9 heteroatoms. The van der Waals surface area contributed by atoms with E-state index in [0.29, 0.717) is 17.2 Å². The summed E-state index contributed by atoms with van der Waals surface area (Å²) < 4.78 is 5.12. The van der Waals surface area contributed by atoms with Crippen molar-refractivity contribution in [3.05, 3.63) is 69.8 Å². The van der Waals surface area contributed by atoms with Crippen LogP contribution < -0.4 is 10.1 Å². The maximum absolute atomic E-state index is 12.1. The van der Waals surface area contributed by atoms with Crippen LogP contribution in [0.3, 0.4) is 0 Å². The lowest BCUT2D eigenvalue weighted by Crippen LogP contribution is -2.25. The molecule has 0 aliphatic carbocycles. The van der Waals surface area contributed by atoms with Crippen molar-refractivity contribution in [2.24, 2.45) is 10.2 Å². The topological polar surface area (TPSA) is 106 Å². The molecule has 2 aromatic rings. The number of hydrogen-bond acceptors (Lipinski definition) is 7. The van der Waals surface area contributed by atoms with Crippen LogP contribution in [0.1, 0.15) is 11.1 Å². The Labute approximate surface area is 159 Å². The number of thioether (sulfide) groups is 1. The van der Waals surface area contributed by atoms with Crippen molar-refractivity contribution >= 4 is 34.7 Å². The van der Waals surface area contributed by atoms with Crippen LogP contribution in [-0.2, 0) is 11.2 Å². The number of methoxy groups -OCH3 is 1. The second kappa shape index (κ2) is 8.45. The molecule has 2 aromatic carbocycles. The van der Waals surface area contributed by atoms with Gasteiger partial charge in [-0.05, 0) is 41.8 Å². The minimum atomic E-state index is -0.463. The van der Waals surface area contributed by atoms with Crippen LogP contribution in [0.25, 0.3) is 0 Å². The van der Waals surface area contributed by atoms with Crippen molar-refractivity contribution < 1.29 is 14.5 Å². The molecule has 0 unspecified atom stereocenters. The number of benzene rings is 2. The van der Waals surface area contributed by atoms with Gasteiger partial charge in [-0.1, -0.05) is 23.9 Å². The average Bonchev–Trinajstić information content (AvgIpc) is 3.02. The summed E-state index contributed by atoms with van der Waals surface area (Å²) >= 11 is 1.32. The minimum absolute atomic E-state index is 0.0125. The van der Waals surface area contributed by atoms with Crippen molar-refractivity contribution in [2.45, 2.75) is 11.7 Å². The molecular formula is C18H16N4O4S. The quantitative estimate of drug-likeness (QED) is 0.468. The zero-order valence-electron chi connectivity index (χ0n) is 14.4. The number of nitrogens with one attached hydrogen (secondary N) is 1. The first kappa shape index (κ1) is 18.6. The summed E-state index contributed by atoms with van der Waals surface area (Å²) in [6.07, 6.45) is 2.05. The monoisotopic (exact) mass is 384 g/mol. The van der Waals surface area contributed by atoms with Crippen LogP contribution in [0.15, 0.2) is 58.7 Å². The zero-order chi connectivity index (χ0) is 19.2. The molecule has 27 heavy (non-hydrogen) atoms. The van der Waals surface area contributed by atoms with E-state index >= 15 is 0 Å². The summed E-state index contributed by atoms with van der Waals surface area (Å²) in [5.74, 6) is 0.658. The van der Waals surface area contributed by atoms with Gasteiger partial charge in [-0.2, -0.15) is 5.10 Å². The highest BCUT2D eigenvalue weighted by molar-refractivity contribution is 8.15. The molecule has 0 saturated carbocycles. The average molecular weight is 384 g/mol. The molecule has 1 aliphatic rings. The molecule has 1 atom stereocenters. The maximum Gasteiger partial charge on any atom is 0.269 e. The van der Waals surface area contributed by atoms with E-state index in [-0.39, 0.29) is 16.8 Å². The molecule has 138 valence electrons. The number of hydrogen-bond donors (Lipinski definition) is 1. The molecule has 1 N–H and O–H groups in total. The number of carbonyl (C=O) groups is 1. The Hall–Kier alpha value is -3.20. The number of carbonyl (C=O) groups excluding carboxylic acids is 1. The van der Waals surface area contributed by atoms with Gasteiger partial charge in [0.1, 0.15) is 5.75 Å². The van der Waals surface area contributed by atoms with Gasteiger partial charge >= 0.3 is 0 Å². The Morgan fingerprint density at radius 1 is 1.22 bits per heavy atom. The molecule has 0 bridgehead atoms. The Bertz CT molecular complexity index is 895. The number of nitrogens with zero attached hydrogens (tertiary/aromatic N) is 3. The van der Waals surface area contributed by atoms with E-state index in [1.165, 1.54) is 30.1 Å². The number of ether oxygens (including phenoxy) is 1. The second-order valence-electron chi connectivity index (χ2n) is 5.65. The van der Waals surface area contributed by atoms with Gasteiger partial charge in [-0.15, -0.1) is 5.10 Å². The van der Waals surface area contributed by atoms with E-state index in [0.717, 1.165) is 11.3 Å². The third-order valence-electron chi connectivity index (χ3n) is 3.82. The van der Waals surface area contributed by atoms with Gasteiger partial charge in [0.05, 0.1) is 23.5 Å². The Balaban J connectivity index is 1.59. The second-order valence-corrected chi connectivity index (χ2v) is 6.84. The fourth-order valence-corrected chi connectivity index (χ4v) is 3.36. The van der Waals surface area contributed by atoms with E-state index in [2.05, 4.69) is 15.5 Å². The molecule has 3 rings (SSSR count). The molecule has 1 fully saturated rings. The van der Waals surface area contributed by atoms with Gasteiger partial charge in [-0.3, -0.25) is 14.9 Å². The van der Waals surface area contributed by atoms with Crippen molar-refractivity contribution in [1.29, 1.82) is 0 Å². The largest absolute Gasteiger partial charge is 0.497 e. The molecule has 1 amide bonds. The molecule has 0 spiro atoms. The third-order valence-corrected chi connectivity index (χ3v) is 4.89. The standard InChI is InChI=1S/C18H16N4O4S/c1-26-15-8-4-12(5-9-15)10-16-17(23)20-18(27-16)21-19-11-13-2-6-14(7-3-13)22(24)25/h2-9,11,16H,10H2,1H3,(H,20,21,23)/t16-/m0/s1. The summed E-state index contributed by atoms with van der Waals surface area (Å²) in [4.78, 5) is 22.3. The number of nitro groups is 1. The van der Waals surface area contributed by atoms with E-state index < -0.39 is 4.92 Å². The normalized spacial score (nSPS) is 18.0. The van der Waals surface area contributed by atoms with Crippen molar-refractivity contribution in [3.63, 3.8) is 0 Å². The Morgan fingerprint density at radius 2 is 1.93 bits per heavy atom. The molecule has 0 aromatic heterocycles. The predicted molar refractivity (Wildman–Crippen MR) is 104 cm³/mol. The fraction of sp³-hybridized carbons (Fsp3) is 0.167. The first-order valence-electron chi connectivity index (χ1n) is 8.01. The lowest BCUT2D eigenvalue weighted by Gasteiger charge is -2.06. The summed E-state index contributed by atoms with van der Waals surface area (Å²) in [5, 5.41) is 21.4. The molecular weight excluding hydrogens is 368 g/mol. The van der Waals surface area contributed by atoms with E-state index in [9.17, 15) is 14.9 Å². The van der Waals surface area contributed by atoms with Crippen LogP contribution in [0.2, 0.25) is 0 Å². The molecule has 0 radical (unpaired) electrons. The smallest absolute Gasteiger partial charge is 0.269 e. The summed E-state index contributed by atoms with van der Waals surface area (Å²) in [6, 6.07) is 13.5. The van der Waals surface area contributed by atoms with Crippen molar-refractivity contribution in [2.75, 3.05) is 7.11 Å². The van der Waals surface area contributed by atoms with Crippen LogP contribution in [0, 0.1) is 10.1 Å². The lowest BCUT2D eigenvalue weighted by molar-refractivity contribution is -0.384. The van der Waals surface area contributed by atoms with Crippen molar-refractivity contribution in [3.8, 4) is 5.75 Å². The molecule has 1 saturated heterocycles. The number of non-ortho nitro benzene ring substituents is 1. The fourth-order valence-electron chi connectivity index (χ4n) is 2.39. The third kappa shape index (κ3) is 4.91.